The highest BCUT2D eigenvalue weighted by molar-refractivity contribution is 14.1. The molecule has 1 unspecified atom stereocenters. The number of nitrogens with zero attached hydrogens (tertiary/aromatic N) is 4. The van der Waals surface area contributed by atoms with E-state index in [0.29, 0.717) is 30.2 Å². The van der Waals surface area contributed by atoms with Crippen molar-refractivity contribution in [2.75, 3.05) is 18.8 Å². The van der Waals surface area contributed by atoms with Crippen molar-refractivity contribution >= 4 is 34.5 Å². The van der Waals surface area contributed by atoms with Crippen molar-refractivity contribution in [1.82, 2.24) is 14.7 Å². The number of halogens is 1. The van der Waals surface area contributed by atoms with Crippen LogP contribution in [0, 0.1) is 14.9 Å². The summed E-state index contributed by atoms with van der Waals surface area (Å²) in [5, 5.41) is 14.4. The van der Waals surface area contributed by atoms with Crippen LogP contribution in [0.25, 0.3) is 11.3 Å². The van der Waals surface area contributed by atoms with Gasteiger partial charge in [0.1, 0.15) is 29.8 Å². The summed E-state index contributed by atoms with van der Waals surface area (Å²) < 4.78 is 8.28. The van der Waals surface area contributed by atoms with E-state index in [1.54, 1.807) is 9.58 Å². The zero-order chi connectivity index (χ0) is 21.8. The van der Waals surface area contributed by atoms with Gasteiger partial charge in [0.15, 0.2) is 0 Å². The number of piperidine rings is 1. The van der Waals surface area contributed by atoms with E-state index in [4.69, 9.17) is 10.5 Å². The van der Waals surface area contributed by atoms with Gasteiger partial charge in [0.25, 0.3) is 0 Å². The maximum Gasteiger partial charge on any atom is 0.410 e. The Hall–Kier alpha value is -3.06. The van der Waals surface area contributed by atoms with Gasteiger partial charge in [0.05, 0.1) is 6.04 Å². The molecule has 1 aliphatic heterocycles. The SMILES string of the molecule is N#Cc1c(-c2ccc(I)cc2)nn(C2CCCN(C(=O)OCc3ccccc3)C2)c1N. The lowest BCUT2D eigenvalue weighted by atomic mass is 10.1. The Kier molecular flexibility index (Phi) is 6.42. The number of ether oxygens (including phenoxy) is 1. The first kappa shape index (κ1) is 21.2. The molecule has 0 aliphatic carbocycles. The van der Waals surface area contributed by atoms with Crippen molar-refractivity contribution in [3.8, 4) is 17.3 Å². The fourth-order valence-corrected chi connectivity index (χ4v) is 4.14. The van der Waals surface area contributed by atoms with E-state index in [0.717, 1.165) is 27.5 Å². The summed E-state index contributed by atoms with van der Waals surface area (Å²) in [6.07, 6.45) is 1.29. The van der Waals surface area contributed by atoms with E-state index in [-0.39, 0.29) is 18.7 Å². The normalized spacial score (nSPS) is 16.0. The molecule has 0 spiro atoms. The smallest absolute Gasteiger partial charge is 0.410 e. The van der Waals surface area contributed by atoms with Gasteiger partial charge in [-0.05, 0) is 53.1 Å². The molecule has 1 atom stereocenters. The second kappa shape index (κ2) is 9.39. The molecule has 0 bridgehead atoms. The molecule has 158 valence electrons. The fraction of sp³-hybridized carbons (Fsp3) is 0.261. The minimum atomic E-state index is -0.349. The third-order valence-corrected chi connectivity index (χ3v) is 6.10. The van der Waals surface area contributed by atoms with Crippen molar-refractivity contribution in [1.29, 1.82) is 5.26 Å². The Morgan fingerprint density at radius 2 is 1.97 bits per heavy atom. The number of benzene rings is 2. The fourth-order valence-electron chi connectivity index (χ4n) is 3.78. The first-order chi connectivity index (χ1) is 15.1. The van der Waals surface area contributed by atoms with Crippen LogP contribution in [-0.4, -0.2) is 33.9 Å². The first-order valence-electron chi connectivity index (χ1n) is 10.1. The number of anilines is 1. The highest BCUT2D eigenvalue weighted by atomic mass is 127. The average molecular weight is 527 g/mol. The van der Waals surface area contributed by atoms with Gasteiger partial charge in [0.2, 0.25) is 0 Å². The number of nitrogens with two attached hydrogens (primary N) is 1. The third kappa shape index (κ3) is 4.66. The standard InChI is InChI=1S/C23H22IN5O2/c24-18-10-8-17(9-11-18)21-20(13-25)22(26)29(27-21)19-7-4-12-28(14-19)23(30)31-15-16-5-2-1-3-6-16/h1-3,5-6,8-11,19H,4,7,12,14-15,26H2. The zero-order valence-corrected chi connectivity index (χ0v) is 19.0. The van der Waals surface area contributed by atoms with Gasteiger partial charge >= 0.3 is 6.09 Å². The average Bonchev–Trinajstić information content (AvgIpc) is 3.15. The van der Waals surface area contributed by atoms with E-state index in [1.807, 2.05) is 54.6 Å². The van der Waals surface area contributed by atoms with Gasteiger partial charge in [-0.2, -0.15) is 10.4 Å². The summed E-state index contributed by atoms with van der Waals surface area (Å²) >= 11 is 2.23. The Balaban J connectivity index is 1.51. The molecule has 1 saturated heterocycles. The highest BCUT2D eigenvalue weighted by Crippen LogP contribution is 2.32. The minimum Gasteiger partial charge on any atom is -0.445 e. The monoisotopic (exact) mass is 527 g/mol. The molecule has 3 aromatic rings. The summed E-state index contributed by atoms with van der Waals surface area (Å²) in [7, 11) is 0. The van der Waals surface area contributed by atoms with Crippen molar-refractivity contribution in [3.63, 3.8) is 0 Å². The van der Waals surface area contributed by atoms with Gasteiger partial charge in [0, 0.05) is 22.2 Å². The van der Waals surface area contributed by atoms with Crippen molar-refractivity contribution in [2.24, 2.45) is 0 Å². The predicted molar refractivity (Wildman–Crippen MR) is 126 cm³/mol. The molecular weight excluding hydrogens is 505 g/mol. The first-order valence-corrected chi connectivity index (χ1v) is 11.1. The van der Waals surface area contributed by atoms with E-state index >= 15 is 0 Å². The molecule has 2 N–H and O–H groups in total. The van der Waals surface area contributed by atoms with Gasteiger partial charge in [-0.15, -0.1) is 0 Å². The molecular formula is C23H22IN5O2. The lowest BCUT2D eigenvalue weighted by Gasteiger charge is -2.32. The van der Waals surface area contributed by atoms with Crippen LogP contribution in [0.15, 0.2) is 54.6 Å². The number of hydrogen-bond donors (Lipinski definition) is 1. The Morgan fingerprint density at radius 3 is 2.68 bits per heavy atom. The Bertz CT molecular complexity index is 1110. The molecule has 4 rings (SSSR count). The topological polar surface area (TPSA) is 97.2 Å². The minimum absolute atomic E-state index is 0.109. The third-order valence-electron chi connectivity index (χ3n) is 5.38. The molecule has 31 heavy (non-hydrogen) atoms. The van der Waals surface area contributed by atoms with Crippen molar-refractivity contribution < 1.29 is 9.53 Å². The second-order valence-electron chi connectivity index (χ2n) is 7.45. The van der Waals surface area contributed by atoms with Gasteiger partial charge < -0.3 is 15.4 Å². The van der Waals surface area contributed by atoms with Crippen LogP contribution in [-0.2, 0) is 11.3 Å². The molecule has 1 fully saturated rings. The second-order valence-corrected chi connectivity index (χ2v) is 8.70. The predicted octanol–water partition coefficient (Wildman–Crippen LogP) is 4.58. The largest absolute Gasteiger partial charge is 0.445 e. The molecule has 2 aromatic carbocycles. The molecule has 1 aromatic heterocycles. The van der Waals surface area contributed by atoms with E-state index in [1.165, 1.54) is 0 Å². The number of nitriles is 1. The number of aromatic nitrogens is 2. The van der Waals surface area contributed by atoms with E-state index < -0.39 is 0 Å². The molecule has 2 heterocycles. The number of likely N-dealkylation sites (tertiary alicyclic amines) is 1. The molecule has 0 saturated carbocycles. The molecule has 8 heteroatoms. The van der Waals surface area contributed by atoms with Crippen molar-refractivity contribution in [3.05, 3.63) is 69.3 Å². The molecule has 1 aliphatic rings. The van der Waals surface area contributed by atoms with Gasteiger partial charge in [-0.25, -0.2) is 9.48 Å². The lowest BCUT2D eigenvalue weighted by Crippen LogP contribution is -2.41. The maximum absolute atomic E-state index is 12.6. The van der Waals surface area contributed by atoms with E-state index in [9.17, 15) is 10.1 Å². The number of rotatable bonds is 4. The van der Waals surface area contributed by atoms with Crippen LogP contribution in [0.2, 0.25) is 0 Å². The van der Waals surface area contributed by atoms with Crippen LogP contribution in [0.1, 0.15) is 30.0 Å². The number of nitrogen functional groups attached to an aromatic ring is 1. The Morgan fingerprint density at radius 1 is 1.23 bits per heavy atom. The molecule has 0 radical (unpaired) electrons. The number of amides is 1. The zero-order valence-electron chi connectivity index (χ0n) is 16.9. The number of hydrogen-bond acceptors (Lipinski definition) is 5. The van der Waals surface area contributed by atoms with Gasteiger partial charge in [-0.1, -0.05) is 42.5 Å². The summed E-state index contributed by atoms with van der Waals surface area (Å²) in [6.45, 7) is 1.30. The Labute approximate surface area is 194 Å². The lowest BCUT2D eigenvalue weighted by molar-refractivity contribution is 0.0791. The number of carbonyl (C=O) groups excluding carboxylic acids is 1. The number of carbonyl (C=O) groups is 1. The molecule has 1 amide bonds. The van der Waals surface area contributed by atoms with Crippen LogP contribution in [0.4, 0.5) is 10.6 Å². The highest BCUT2D eigenvalue weighted by Gasteiger charge is 2.29. The summed E-state index contributed by atoms with van der Waals surface area (Å²) in [5.74, 6) is 0.334. The van der Waals surface area contributed by atoms with Crippen LogP contribution >= 0.6 is 22.6 Å². The van der Waals surface area contributed by atoms with Crippen LogP contribution < -0.4 is 5.73 Å². The molecule has 7 nitrogen and oxygen atoms in total. The van der Waals surface area contributed by atoms with Crippen LogP contribution in [0.5, 0.6) is 0 Å². The summed E-state index contributed by atoms with van der Waals surface area (Å²) in [5.41, 5.74) is 9.04. The van der Waals surface area contributed by atoms with Crippen molar-refractivity contribution in [2.45, 2.75) is 25.5 Å². The summed E-state index contributed by atoms with van der Waals surface area (Å²) in [4.78, 5) is 14.3. The summed E-state index contributed by atoms with van der Waals surface area (Å²) in [6, 6.07) is 19.5. The van der Waals surface area contributed by atoms with Gasteiger partial charge in [-0.3, -0.25) is 0 Å². The maximum atomic E-state index is 12.6. The van der Waals surface area contributed by atoms with Crippen LogP contribution in [0.3, 0.4) is 0 Å². The quantitative estimate of drug-likeness (QED) is 0.501. The van der Waals surface area contributed by atoms with E-state index in [2.05, 4.69) is 33.8 Å².